The number of hydrogen-bond donors (Lipinski definition) is 2. The number of allylic oxidation sites excluding steroid dienone is 10. The Morgan fingerprint density at radius 2 is 1.00 bits per heavy atom. The van der Waals surface area contributed by atoms with E-state index in [4.69, 9.17) is 22.4 Å². The zero-order valence-corrected chi connectivity index (χ0v) is 17.8. The van der Waals surface area contributed by atoms with E-state index < -0.39 is 10.2 Å². The monoisotopic (exact) mass is 483 g/mol. The molecule has 162 valence electrons. The molecule has 0 aliphatic heterocycles. The van der Waals surface area contributed by atoms with Gasteiger partial charge in [0.25, 0.3) is 0 Å². The number of halogens is 1. The minimum absolute atomic E-state index is 0.0396. The van der Waals surface area contributed by atoms with Gasteiger partial charge in [0.15, 0.2) is 11.6 Å². The summed E-state index contributed by atoms with van der Waals surface area (Å²) in [5, 5.41) is 6.27. The number of carbonyl (C=O) groups is 2. The van der Waals surface area contributed by atoms with Crippen LogP contribution < -0.4 is 29.3 Å². The number of nitrogens with one attached hydrogen (secondary N) is 2. The zero-order chi connectivity index (χ0) is 23.3. The van der Waals surface area contributed by atoms with Crippen LogP contribution in [0.2, 0.25) is 0 Å². The molecule has 0 atom stereocenters. The summed E-state index contributed by atoms with van der Waals surface area (Å²) in [5.41, 5.74) is 2.78. The van der Waals surface area contributed by atoms with E-state index in [0.717, 1.165) is 11.4 Å². The molecular weight excluding hydrogens is 468 g/mol. The van der Waals surface area contributed by atoms with Crippen LogP contribution >= 0.6 is 0 Å². The van der Waals surface area contributed by atoms with Crippen molar-refractivity contribution in [1.29, 1.82) is 0 Å². The van der Waals surface area contributed by atoms with Crippen molar-refractivity contribution >= 4 is 22.9 Å². The van der Waals surface area contributed by atoms with Gasteiger partial charge in [-0.2, -0.15) is 0 Å². The minimum atomic E-state index is -4.94. The molecule has 0 bridgehead atoms. The number of anilines is 2. The van der Waals surface area contributed by atoms with E-state index in [0.29, 0.717) is 11.1 Å². The Hall–Kier alpha value is -2.94. The summed E-state index contributed by atoms with van der Waals surface area (Å²) in [6.07, 6.45) is 17.0. The molecule has 0 fully saturated rings. The number of carbonyl (C=O) groups excluding carboxylic acids is 2. The Morgan fingerprint density at radius 1 is 0.677 bits per heavy atom. The first-order valence-corrected chi connectivity index (χ1v) is 10.1. The van der Waals surface area contributed by atoms with Crippen LogP contribution in [0.3, 0.4) is 0 Å². The van der Waals surface area contributed by atoms with E-state index in [1.54, 1.807) is 36.7 Å². The second-order valence-electron chi connectivity index (χ2n) is 5.58. The Bertz CT molecular complexity index is 899. The molecule has 9 nitrogen and oxygen atoms in total. The van der Waals surface area contributed by atoms with Crippen LogP contribution in [-0.4, -0.2) is 11.6 Å². The molecule has 2 N–H and O–H groups in total. The Balaban J connectivity index is 0.000000605. The van der Waals surface area contributed by atoms with Crippen molar-refractivity contribution < 1.29 is 58.5 Å². The molecule has 3 rings (SSSR count). The molecule has 0 unspecified atom stereocenters. The first-order valence-electron chi connectivity index (χ1n) is 8.33. The summed E-state index contributed by atoms with van der Waals surface area (Å²) < 4.78 is 42.1. The molecule has 0 radical (unpaired) electrons. The van der Waals surface area contributed by atoms with Gasteiger partial charge in [0.1, 0.15) is 0 Å². The van der Waals surface area contributed by atoms with Crippen LogP contribution in [0, 0.1) is 10.2 Å². The van der Waals surface area contributed by atoms with Crippen LogP contribution in [-0.2, 0) is 29.6 Å². The molecule has 1 aromatic carbocycles. The number of ketones is 2. The molecule has 2 aliphatic rings. The molecule has 0 saturated heterocycles. The van der Waals surface area contributed by atoms with Crippen LogP contribution in [0.25, 0.3) is 0 Å². The van der Waals surface area contributed by atoms with Gasteiger partial charge in [0, 0.05) is 23.5 Å². The molecule has 31 heavy (non-hydrogen) atoms. The molecule has 0 saturated carbocycles. The van der Waals surface area contributed by atoms with Gasteiger partial charge in [-0.15, -0.1) is 10.2 Å². The number of benzene rings is 1. The number of para-hydroxylation sites is 2. The van der Waals surface area contributed by atoms with Crippen LogP contribution in [0.4, 0.5) is 11.4 Å². The van der Waals surface area contributed by atoms with Gasteiger partial charge in [-0.3, -0.25) is 9.59 Å². The molecule has 0 aromatic heterocycles. The van der Waals surface area contributed by atoms with E-state index in [-0.39, 0.29) is 11.6 Å². The second-order valence-corrected chi connectivity index (χ2v) is 6.33. The fourth-order valence-electron chi connectivity index (χ4n) is 2.25. The maximum atomic E-state index is 11.7. The third kappa shape index (κ3) is 10.6. The number of rotatable bonds is 4. The normalized spacial score (nSPS) is 17.0. The SMILES string of the molecule is O=C1C=CC=C/C1=C/Nc1ccccc1N/C=C1/C=CC=CC1=O.[O-][Cl+3]([O-])([O-])[O-].[O]=[Cr]. The zero-order valence-electron chi connectivity index (χ0n) is 15.7. The molecule has 2 aliphatic carbocycles. The van der Waals surface area contributed by atoms with Gasteiger partial charge < -0.3 is 10.6 Å². The molecule has 1 aromatic rings. The quantitative estimate of drug-likeness (QED) is 0.499. The fourth-order valence-corrected chi connectivity index (χ4v) is 2.25. The number of hydrogen-bond acceptors (Lipinski definition) is 9. The van der Waals surface area contributed by atoms with Crippen LogP contribution in [0.15, 0.2) is 96.4 Å². The van der Waals surface area contributed by atoms with Crippen molar-refractivity contribution in [3.8, 4) is 0 Å². The predicted molar refractivity (Wildman–Crippen MR) is 97.1 cm³/mol. The standard InChI is InChI=1S/C20H16N2O2.ClHO4.Cr.O/c23-19-11-5-1-7-15(19)13-21-17-9-3-4-10-18(17)22-14-16-8-2-6-12-20(16)24;2-1(3,4)5;;/h1-14,21-22H;(H,2,3,4,5);;/p-1/b15-13-,16-14-;;;. The third-order valence-electron chi connectivity index (χ3n) is 3.53. The van der Waals surface area contributed by atoms with Gasteiger partial charge in [-0.05, 0) is 36.4 Å². The van der Waals surface area contributed by atoms with E-state index in [1.807, 2.05) is 36.4 Å². The van der Waals surface area contributed by atoms with Crippen molar-refractivity contribution in [2.24, 2.45) is 0 Å². The summed E-state index contributed by atoms with van der Waals surface area (Å²) in [7, 11) is -4.94. The van der Waals surface area contributed by atoms with Crippen LogP contribution in [0.1, 0.15) is 0 Å². The Morgan fingerprint density at radius 3 is 1.32 bits per heavy atom. The third-order valence-corrected chi connectivity index (χ3v) is 3.53. The summed E-state index contributed by atoms with van der Waals surface area (Å²) >= 11 is 1.38. The van der Waals surface area contributed by atoms with Crippen molar-refractivity contribution in [3.63, 3.8) is 0 Å². The topological polar surface area (TPSA) is 168 Å². The van der Waals surface area contributed by atoms with Gasteiger partial charge in [0.05, 0.1) is 11.4 Å². The van der Waals surface area contributed by atoms with Gasteiger partial charge >= 0.3 is 20.0 Å². The first-order chi connectivity index (χ1) is 14.7. The van der Waals surface area contributed by atoms with E-state index in [1.165, 1.54) is 28.4 Å². The Kier molecular flexibility index (Phi) is 11.3. The average Bonchev–Trinajstić information content (AvgIpc) is 2.73. The molecule has 0 amide bonds. The van der Waals surface area contributed by atoms with Crippen LogP contribution in [0.5, 0.6) is 0 Å². The summed E-state index contributed by atoms with van der Waals surface area (Å²) in [4.78, 5) is 23.5. The van der Waals surface area contributed by atoms with E-state index >= 15 is 0 Å². The summed E-state index contributed by atoms with van der Waals surface area (Å²) in [6.45, 7) is 0. The van der Waals surface area contributed by atoms with Gasteiger partial charge in [-0.1, -0.05) is 36.4 Å². The molecular formula is C20H16ClCrN2O7-. The molecule has 0 heterocycles. The van der Waals surface area contributed by atoms with Gasteiger partial charge in [-0.25, -0.2) is 18.6 Å². The van der Waals surface area contributed by atoms with E-state index in [2.05, 4.69) is 10.6 Å². The molecule has 11 heteroatoms. The Labute approximate surface area is 188 Å². The average molecular weight is 484 g/mol. The summed E-state index contributed by atoms with van der Waals surface area (Å²) in [6, 6.07) is 7.57. The van der Waals surface area contributed by atoms with E-state index in [9.17, 15) is 9.59 Å². The first kappa shape index (κ1) is 26.1. The maximum absolute atomic E-state index is 11.7. The fraction of sp³-hybridized carbons (Fsp3) is 0. The molecule has 0 spiro atoms. The van der Waals surface area contributed by atoms with Gasteiger partial charge in [0.2, 0.25) is 0 Å². The summed E-state index contributed by atoms with van der Waals surface area (Å²) in [5.74, 6) is -0.0791. The van der Waals surface area contributed by atoms with Crippen molar-refractivity contribution in [3.05, 3.63) is 96.4 Å². The second kappa shape index (κ2) is 13.4. The van der Waals surface area contributed by atoms with Crippen molar-refractivity contribution in [1.82, 2.24) is 0 Å². The predicted octanol–water partition coefficient (Wildman–Crippen LogP) is -1.21. The van der Waals surface area contributed by atoms with Crippen molar-refractivity contribution in [2.75, 3.05) is 10.6 Å². The van der Waals surface area contributed by atoms with Crippen molar-refractivity contribution in [2.45, 2.75) is 0 Å².